The molecule has 5 nitrogen and oxygen atoms in total. The Bertz CT molecular complexity index is 669. The number of aliphatic imine (C=N–C) groups is 1. The molecule has 0 amide bonds. The van der Waals surface area contributed by atoms with Crippen molar-refractivity contribution in [2.24, 2.45) is 12.0 Å². The lowest BCUT2D eigenvalue weighted by Gasteiger charge is -2.12. The molecule has 0 spiro atoms. The van der Waals surface area contributed by atoms with Crippen LogP contribution in [0.3, 0.4) is 0 Å². The molecule has 0 atom stereocenters. The van der Waals surface area contributed by atoms with Crippen LogP contribution in [0.4, 0.5) is 4.39 Å². The van der Waals surface area contributed by atoms with Gasteiger partial charge in [-0.1, -0.05) is 6.07 Å². The van der Waals surface area contributed by atoms with Crippen LogP contribution in [-0.4, -0.2) is 28.8 Å². The number of aryl methyl sites for hydroxylation is 2. The Morgan fingerprint density at radius 1 is 1.33 bits per heavy atom. The van der Waals surface area contributed by atoms with E-state index in [4.69, 9.17) is 0 Å². The first kappa shape index (κ1) is 20.4. The second-order valence-corrected chi connectivity index (χ2v) is 5.47. The number of hydrogen-bond donors (Lipinski definition) is 2. The van der Waals surface area contributed by atoms with Crippen molar-refractivity contribution in [3.63, 3.8) is 0 Å². The maximum absolute atomic E-state index is 13.1. The molecule has 132 valence electrons. The minimum atomic E-state index is -0.189. The smallest absolute Gasteiger partial charge is 0.191 e. The molecule has 0 radical (unpaired) electrons. The molecule has 0 fully saturated rings. The van der Waals surface area contributed by atoms with Gasteiger partial charge in [-0.05, 0) is 43.5 Å². The quantitative estimate of drug-likeness (QED) is 0.409. The topological polar surface area (TPSA) is 54.2 Å². The van der Waals surface area contributed by atoms with E-state index < -0.39 is 0 Å². The lowest BCUT2D eigenvalue weighted by molar-refractivity contribution is 0.625. The number of guanidine groups is 1. The summed E-state index contributed by atoms with van der Waals surface area (Å²) in [6.45, 7) is 6.09. The van der Waals surface area contributed by atoms with Crippen molar-refractivity contribution in [1.82, 2.24) is 20.4 Å². The summed E-state index contributed by atoms with van der Waals surface area (Å²) in [5.41, 5.74) is 3.19. The van der Waals surface area contributed by atoms with Crippen molar-refractivity contribution >= 4 is 29.9 Å². The van der Waals surface area contributed by atoms with Gasteiger partial charge in [-0.15, -0.1) is 24.0 Å². The standard InChI is InChI=1S/C17H24FN5.HI/c1-4-19-17(21-10-14-11-22-23(3)12-14)20-8-7-15-5-6-16(18)9-13(15)2;/h5-6,9,11-12H,4,7-8,10H2,1-3H3,(H2,19,20,21);1H. The molecule has 1 aromatic heterocycles. The number of hydrogen-bond acceptors (Lipinski definition) is 2. The Morgan fingerprint density at radius 2 is 2.12 bits per heavy atom. The predicted octanol–water partition coefficient (Wildman–Crippen LogP) is 2.78. The Morgan fingerprint density at radius 3 is 2.75 bits per heavy atom. The van der Waals surface area contributed by atoms with Gasteiger partial charge in [0.25, 0.3) is 0 Å². The van der Waals surface area contributed by atoms with Crippen LogP contribution in [0, 0.1) is 12.7 Å². The van der Waals surface area contributed by atoms with Gasteiger partial charge in [0, 0.05) is 31.9 Å². The molecular formula is C17H25FIN5. The fraction of sp³-hybridized carbons (Fsp3) is 0.412. The Labute approximate surface area is 159 Å². The third kappa shape index (κ3) is 6.46. The number of halogens is 2. The van der Waals surface area contributed by atoms with Crippen molar-refractivity contribution in [3.8, 4) is 0 Å². The zero-order valence-corrected chi connectivity index (χ0v) is 16.7. The summed E-state index contributed by atoms with van der Waals surface area (Å²) in [4.78, 5) is 4.55. The molecule has 0 aliphatic heterocycles. The number of nitrogens with zero attached hydrogens (tertiary/aromatic N) is 3. The van der Waals surface area contributed by atoms with Crippen LogP contribution in [0.1, 0.15) is 23.6 Å². The van der Waals surface area contributed by atoms with Crippen molar-refractivity contribution in [3.05, 3.63) is 53.1 Å². The summed E-state index contributed by atoms with van der Waals surface area (Å²) in [7, 11) is 1.89. The van der Waals surface area contributed by atoms with Gasteiger partial charge in [0.2, 0.25) is 0 Å². The molecule has 0 aliphatic carbocycles. The zero-order chi connectivity index (χ0) is 16.7. The molecule has 1 aromatic carbocycles. The van der Waals surface area contributed by atoms with Crippen LogP contribution in [0.25, 0.3) is 0 Å². The summed E-state index contributed by atoms with van der Waals surface area (Å²) >= 11 is 0. The monoisotopic (exact) mass is 445 g/mol. The first-order valence-electron chi connectivity index (χ1n) is 7.83. The van der Waals surface area contributed by atoms with E-state index in [9.17, 15) is 4.39 Å². The minimum Gasteiger partial charge on any atom is -0.357 e. The molecule has 7 heteroatoms. The molecule has 0 saturated carbocycles. The molecule has 1 heterocycles. The molecule has 24 heavy (non-hydrogen) atoms. The van der Waals surface area contributed by atoms with Crippen molar-refractivity contribution < 1.29 is 4.39 Å². The average molecular weight is 445 g/mol. The predicted molar refractivity (Wildman–Crippen MR) is 106 cm³/mol. The maximum atomic E-state index is 13.1. The highest BCUT2D eigenvalue weighted by atomic mass is 127. The van der Waals surface area contributed by atoms with E-state index in [2.05, 4.69) is 20.7 Å². The Hall–Kier alpha value is -1.64. The second-order valence-electron chi connectivity index (χ2n) is 5.47. The zero-order valence-electron chi connectivity index (χ0n) is 14.3. The third-order valence-corrected chi connectivity index (χ3v) is 3.51. The van der Waals surface area contributed by atoms with E-state index in [0.29, 0.717) is 6.54 Å². The Kier molecular flexibility index (Phi) is 8.73. The molecule has 2 rings (SSSR count). The van der Waals surface area contributed by atoms with E-state index in [0.717, 1.165) is 42.2 Å². The van der Waals surface area contributed by atoms with Crippen LogP contribution < -0.4 is 10.6 Å². The largest absolute Gasteiger partial charge is 0.357 e. The van der Waals surface area contributed by atoms with Gasteiger partial charge < -0.3 is 10.6 Å². The van der Waals surface area contributed by atoms with E-state index in [1.807, 2.05) is 39.4 Å². The van der Waals surface area contributed by atoms with E-state index in [1.54, 1.807) is 10.7 Å². The Balaban J connectivity index is 0.00000288. The SMILES string of the molecule is CCNC(=NCc1cnn(C)c1)NCCc1ccc(F)cc1C.I. The summed E-state index contributed by atoms with van der Waals surface area (Å²) in [6.07, 6.45) is 4.59. The van der Waals surface area contributed by atoms with Gasteiger partial charge >= 0.3 is 0 Å². The van der Waals surface area contributed by atoms with Crippen LogP contribution >= 0.6 is 24.0 Å². The third-order valence-electron chi connectivity index (χ3n) is 3.51. The summed E-state index contributed by atoms with van der Waals surface area (Å²) in [5.74, 6) is 0.585. The molecule has 0 unspecified atom stereocenters. The summed E-state index contributed by atoms with van der Waals surface area (Å²) < 4.78 is 14.9. The highest BCUT2D eigenvalue weighted by Crippen LogP contribution is 2.10. The molecular weight excluding hydrogens is 420 g/mol. The second kappa shape index (κ2) is 10.3. The van der Waals surface area contributed by atoms with Crippen LogP contribution in [-0.2, 0) is 20.0 Å². The summed E-state index contributed by atoms with van der Waals surface area (Å²) in [6, 6.07) is 4.91. The lowest BCUT2D eigenvalue weighted by atomic mass is 10.1. The van der Waals surface area contributed by atoms with Crippen molar-refractivity contribution in [2.75, 3.05) is 13.1 Å². The maximum Gasteiger partial charge on any atom is 0.191 e. The van der Waals surface area contributed by atoms with Gasteiger partial charge in [-0.2, -0.15) is 5.10 Å². The number of benzene rings is 1. The van der Waals surface area contributed by atoms with Crippen LogP contribution in [0.5, 0.6) is 0 Å². The lowest BCUT2D eigenvalue weighted by Crippen LogP contribution is -2.38. The molecule has 0 bridgehead atoms. The van der Waals surface area contributed by atoms with Crippen LogP contribution in [0.15, 0.2) is 35.6 Å². The number of nitrogens with one attached hydrogen (secondary N) is 2. The fourth-order valence-corrected chi connectivity index (χ4v) is 2.32. The fourth-order valence-electron chi connectivity index (χ4n) is 2.32. The highest BCUT2D eigenvalue weighted by molar-refractivity contribution is 14.0. The normalized spacial score (nSPS) is 11.1. The highest BCUT2D eigenvalue weighted by Gasteiger charge is 2.02. The van der Waals surface area contributed by atoms with Crippen molar-refractivity contribution in [2.45, 2.75) is 26.8 Å². The van der Waals surface area contributed by atoms with E-state index in [1.165, 1.54) is 6.07 Å². The average Bonchev–Trinajstić information content (AvgIpc) is 2.92. The molecule has 0 aliphatic rings. The van der Waals surface area contributed by atoms with Gasteiger partial charge in [0.15, 0.2) is 5.96 Å². The molecule has 2 N–H and O–H groups in total. The molecule has 2 aromatic rings. The van der Waals surface area contributed by atoms with Gasteiger partial charge in [-0.3, -0.25) is 4.68 Å². The molecule has 0 saturated heterocycles. The first-order chi connectivity index (χ1) is 11.1. The van der Waals surface area contributed by atoms with Crippen LogP contribution in [0.2, 0.25) is 0 Å². The number of aromatic nitrogens is 2. The summed E-state index contributed by atoms with van der Waals surface area (Å²) in [5, 5.41) is 10.7. The van der Waals surface area contributed by atoms with Gasteiger partial charge in [0.05, 0.1) is 12.7 Å². The van der Waals surface area contributed by atoms with Gasteiger partial charge in [0.1, 0.15) is 5.82 Å². The number of rotatable bonds is 6. The van der Waals surface area contributed by atoms with E-state index >= 15 is 0 Å². The van der Waals surface area contributed by atoms with E-state index in [-0.39, 0.29) is 29.8 Å². The van der Waals surface area contributed by atoms with Gasteiger partial charge in [-0.25, -0.2) is 9.38 Å². The minimum absolute atomic E-state index is 0. The van der Waals surface area contributed by atoms with Crippen molar-refractivity contribution in [1.29, 1.82) is 0 Å². The first-order valence-corrected chi connectivity index (χ1v) is 7.83.